The summed E-state index contributed by atoms with van der Waals surface area (Å²) in [6.45, 7) is 0.427. The number of hydrogen-bond acceptors (Lipinski definition) is 3. The predicted octanol–water partition coefficient (Wildman–Crippen LogP) is 1.52. The normalized spacial score (nSPS) is 23.1. The minimum Gasteiger partial charge on any atom is -0.391 e. The van der Waals surface area contributed by atoms with Crippen LogP contribution in [-0.2, 0) is 6.54 Å². The summed E-state index contributed by atoms with van der Waals surface area (Å²) in [6.07, 6.45) is 3.37. The molecule has 0 radical (unpaired) electrons. The van der Waals surface area contributed by atoms with Gasteiger partial charge in [-0.3, -0.25) is 4.79 Å². The van der Waals surface area contributed by atoms with Gasteiger partial charge in [-0.25, -0.2) is 0 Å². The zero-order valence-electron chi connectivity index (χ0n) is 11.4. The molecular weight excluding hydrogens is 240 g/mol. The zero-order chi connectivity index (χ0) is 13.8. The molecule has 1 fully saturated rings. The van der Waals surface area contributed by atoms with E-state index in [0.717, 1.165) is 31.2 Å². The van der Waals surface area contributed by atoms with Gasteiger partial charge in [0, 0.05) is 19.2 Å². The maximum atomic E-state index is 12.4. The Morgan fingerprint density at radius 3 is 2.84 bits per heavy atom. The van der Waals surface area contributed by atoms with Crippen LogP contribution in [0.5, 0.6) is 0 Å². The minimum atomic E-state index is -0.402. The number of benzene rings is 1. The highest BCUT2D eigenvalue weighted by atomic mass is 16.3. The van der Waals surface area contributed by atoms with Gasteiger partial charge in [0.2, 0.25) is 0 Å². The first-order valence-electron chi connectivity index (χ1n) is 6.87. The molecule has 0 heterocycles. The second-order valence-corrected chi connectivity index (χ2v) is 5.24. The maximum Gasteiger partial charge on any atom is 0.253 e. The number of carbonyl (C=O) groups excluding carboxylic acids is 1. The Bertz CT molecular complexity index is 448. The van der Waals surface area contributed by atoms with Gasteiger partial charge in [-0.1, -0.05) is 25.0 Å². The number of hydrogen-bond donors (Lipinski definition) is 2. The molecule has 1 aromatic rings. The SMILES string of the molecule is CN(C(=O)c1cccc(CN)c1)C1CCCCC1O. The third kappa shape index (κ3) is 3.14. The highest BCUT2D eigenvalue weighted by Gasteiger charge is 2.29. The summed E-state index contributed by atoms with van der Waals surface area (Å²) in [5.74, 6) is -0.0405. The topological polar surface area (TPSA) is 66.6 Å². The first kappa shape index (κ1) is 14.0. The molecule has 0 spiro atoms. The van der Waals surface area contributed by atoms with Gasteiger partial charge in [0.15, 0.2) is 0 Å². The second kappa shape index (κ2) is 6.17. The summed E-state index contributed by atoms with van der Waals surface area (Å²) in [7, 11) is 1.77. The lowest BCUT2D eigenvalue weighted by Gasteiger charge is -2.35. The van der Waals surface area contributed by atoms with E-state index in [9.17, 15) is 9.90 Å². The molecule has 104 valence electrons. The molecule has 4 heteroatoms. The number of nitrogens with two attached hydrogens (primary N) is 1. The van der Waals surface area contributed by atoms with Crippen molar-refractivity contribution >= 4 is 5.91 Å². The van der Waals surface area contributed by atoms with Crippen LogP contribution in [0.4, 0.5) is 0 Å². The molecule has 0 saturated heterocycles. The molecule has 2 atom stereocenters. The molecule has 1 saturated carbocycles. The Morgan fingerprint density at radius 2 is 2.16 bits per heavy atom. The van der Waals surface area contributed by atoms with E-state index in [0.29, 0.717) is 12.1 Å². The van der Waals surface area contributed by atoms with Crippen LogP contribution in [-0.4, -0.2) is 35.1 Å². The van der Waals surface area contributed by atoms with Crippen LogP contribution in [0.25, 0.3) is 0 Å². The van der Waals surface area contributed by atoms with E-state index < -0.39 is 6.10 Å². The Labute approximate surface area is 114 Å². The molecule has 4 nitrogen and oxygen atoms in total. The van der Waals surface area contributed by atoms with E-state index in [1.165, 1.54) is 0 Å². The average Bonchev–Trinajstić information content (AvgIpc) is 2.46. The summed E-state index contributed by atoms with van der Waals surface area (Å²) >= 11 is 0. The van der Waals surface area contributed by atoms with E-state index in [2.05, 4.69) is 0 Å². The van der Waals surface area contributed by atoms with Crippen molar-refractivity contribution in [3.63, 3.8) is 0 Å². The van der Waals surface area contributed by atoms with Crippen LogP contribution >= 0.6 is 0 Å². The number of aliphatic hydroxyl groups is 1. The van der Waals surface area contributed by atoms with Crippen LogP contribution in [0.15, 0.2) is 24.3 Å². The van der Waals surface area contributed by atoms with E-state index >= 15 is 0 Å². The molecule has 1 aliphatic rings. The lowest BCUT2D eigenvalue weighted by atomic mass is 9.91. The quantitative estimate of drug-likeness (QED) is 0.868. The lowest BCUT2D eigenvalue weighted by Crippen LogP contribution is -2.46. The molecule has 0 aliphatic heterocycles. The van der Waals surface area contributed by atoms with Gasteiger partial charge < -0.3 is 15.7 Å². The molecule has 0 aromatic heterocycles. The van der Waals surface area contributed by atoms with Crippen molar-refractivity contribution in [2.75, 3.05) is 7.05 Å². The summed E-state index contributed by atoms with van der Waals surface area (Å²) in [5.41, 5.74) is 7.18. The molecule has 1 amide bonds. The average molecular weight is 262 g/mol. The van der Waals surface area contributed by atoms with Gasteiger partial charge in [-0.2, -0.15) is 0 Å². The Kier molecular flexibility index (Phi) is 4.56. The number of aliphatic hydroxyl groups excluding tert-OH is 1. The van der Waals surface area contributed by atoms with Crippen LogP contribution in [0.2, 0.25) is 0 Å². The number of carbonyl (C=O) groups is 1. The van der Waals surface area contributed by atoms with Crippen molar-refractivity contribution in [3.05, 3.63) is 35.4 Å². The molecule has 2 unspecified atom stereocenters. The first-order chi connectivity index (χ1) is 9.13. The Balaban J connectivity index is 2.13. The maximum absolute atomic E-state index is 12.4. The van der Waals surface area contributed by atoms with Crippen LogP contribution < -0.4 is 5.73 Å². The number of nitrogens with zero attached hydrogens (tertiary/aromatic N) is 1. The summed E-state index contributed by atoms with van der Waals surface area (Å²) in [6, 6.07) is 7.32. The van der Waals surface area contributed by atoms with Gasteiger partial charge in [0.25, 0.3) is 5.91 Å². The van der Waals surface area contributed by atoms with Crippen molar-refractivity contribution in [2.45, 2.75) is 44.4 Å². The standard InChI is InChI=1S/C15H22N2O2/c1-17(13-7-2-3-8-14(13)18)15(19)12-6-4-5-11(9-12)10-16/h4-6,9,13-14,18H,2-3,7-8,10,16H2,1H3. The summed E-state index contributed by atoms with van der Waals surface area (Å²) in [5, 5.41) is 10.0. The summed E-state index contributed by atoms with van der Waals surface area (Å²) in [4.78, 5) is 14.1. The summed E-state index contributed by atoms with van der Waals surface area (Å²) < 4.78 is 0. The Hall–Kier alpha value is -1.39. The molecule has 0 bridgehead atoms. The van der Waals surface area contributed by atoms with Gasteiger partial charge in [-0.05, 0) is 30.5 Å². The number of amides is 1. The van der Waals surface area contributed by atoms with Crippen LogP contribution in [0.3, 0.4) is 0 Å². The molecular formula is C15H22N2O2. The number of rotatable bonds is 3. The third-order valence-corrected chi connectivity index (χ3v) is 3.92. The van der Waals surface area contributed by atoms with Crippen LogP contribution in [0, 0.1) is 0 Å². The van der Waals surface area contributed by atoms with E-state index in [4.69, 9.17) is 5.73 Å². The zero-order valence-corrected chi connectivity index (χ0v) is 11.4. The fourth-order valence-electron chi connectivity index (χ4n) is 2.73. The molecule has 19 heavy (non-hydrogen) atoms. The van der Waals surface area contributed by atoms with E-state index in [1.54, 1.807) is 18.0 Å². The second-order valence-electron chi connectivity index (χ2n) is 5.24. The first-order valence-corrected chi connectivity index (χ1v) is 6.87. The highest BCUT2D eigenvalue weighted by Crippen LogP contribution is 2.23. The van der Waals surface area contributed by atoms with Gasteiger partial charge >= 0.3 is 0 Å². The smallest absolute Gasteiger partial charge is 0.253 e. The monoisotopic (exact) mass is 262 g/mol. The van der Waals surface area contributed by atoms with Crippen molar-refractivity contribution < 1.29 is 9.90 Å². The van der Waals surface area contributed by atoms with Gasteiger partial charge in [0.05, 0.1) is 12.1 Å². The third-order valence-electron chi connectivity index (χ3n) is 3.92. The van der Waals surface area contributed by atoms with Crippen molar-refractivity contribution in [1.29, 1.82) is 0 Å². The largest absolute Gasteiger partial charge is 0.391 e. The lowest BCUT2D eigenvalue weighted by molar-refractivity contribution is 0.0268. The minimum absolute atomic E-state index is 0.0405. The Morgan fingerprint density at radius 1 is 1.42 bits per heavy atom. The highest BCUT2D eigenvalue weighted by molar-refractivity contribution is 5.94. The van der Waals surface area contributed by atoms with Crippen molar-refractivity contribution in [1.82, 2.24) is 4.90 Å². The fraction of sp³-hybridized carbons (Fsp3) is 0.533. The van der Waals surface area contributed by atoms with Gasteiger partial charge in [0.1, 0.15) is 0 Å². The fourth-order valence-corrected chi connectivity index (χ4v) is 2.73. The van der Waals surface area contributed by atoms with E-state index in [1.807, 2.05) is 18.2 Å². The predicted molar refractivity (Wildman–Crippen MR) is 74.7 cm³/mol. The van der Waals surface area contributed by atoms with Crippen molar-refractivity contribution in [3.8, 4) is 0 Å². The van der Waals surface area contributed by atoms with E-state index in [-0.39, 0.29) is 11.9 Å². The molecule has 1 aliphatic carbocycles. The van der Waals surface area contributed by atoms with Crippen molar-refractivity contribution in [2.24, 2.45) is 5.73 Å². The molecule has 1 aromatic carbocycles. The van der Waals surface area contributed by atoms with Gasteiger partial charge in [-0.15, -0.1) is 0 Å². The molecule has 2 rings (SSSR count). The molecule has 3 N–H and O–H groups in total. The number of likely N-dealkylation sites (N-methyl/N-ethyl adjacent to an activating group) is 1. The van der Waals surface area contributed by atoms with Crippen LogP contribution in [0.1, 0.15) is 41.6 Å².